The van der Waals surface area contributed by atoms with Gasteiger partial charge in [0.25, 0.3) is 11.8 Å². The van der Waals surface area contributed by atoms with E-state index in [4.69, 9.17) is 0 Å². The molecule has 0 aliphatic heterocycles. The quantitative estimate of drug-likeness (QED) is 0.149. The summed E-state index contributed by atoms with van der Waals surface area (Å²) in [5.41, 5.74) is 5.99. The Hall–Kier alpha value is -4.62. The Kier molecular flexibility index (Phi) is 9.77. The summed E-state index contributed by atoms with van der Waals surface area (Å²) in [5.74, 6) is -0.908. The van der Waals surface area contributed by atoms with Crippen molar-refractivity contribution in [3.63, 3.8) is 0 Å². The number of thioether (sulfide) groups is 1. The Balaban J connectivity index is 1.42. The van der Waals surface area contributed by atoms with Crippen molar-refractivity contribution in [3.8, 4) is 0 Å². The zero-order chi connectivity index (χ0) is 29.4. The lowest BCUT2D eigenvalue weighted by Crippen LogP contribution is -2.30. The molecule has 3 N–H and O–H groups in total. The van der Waals surface area contributed by atoms with Gasteiger partial charge in [-0.1, -0.05) is 65.7 Å². The van der Waals surface area contributed by atoms with E-state index in [0.29, 0.717) is 11.3 Å². The summed E-state index contributed by atoms with van der Waals surface area (Å²) in [4.78, 5) is 39.8. The maximum absolute atomic E-state index is 13.3. The Labute approximate surface area is 245 Å². The van der Waals surface area contributed by atoms with Crippen molar-refractivity contribution in [2.45, 2.75) is 37.8 Å². The van der Waals surface area contributed by atoms with E-state index in [1.54, 1.807) is 42.5 Å². The molecule has 6 nitrogen and oxygen atoms in total. The van der Waals surface area contributed by atoms with Gasteiger partial charge in [-0.25, -0.2) is 0 Å². The molecule has 0 fully saturated rings. The van der Waals surface area contributed by atoms with Crippen molar-refractivity contribution in [3.05, 3.63) is 131 Å². The first-order valence-electron chi connectivity index (χ1n) is 13.3. The van der Waals surface area contributed by atoms with Crippen LogP contribution in [0.5, 0.6) is 0 Å². The third kappa shape index (κ3) is 8.43. The minimum atomic E-state index is -0.448. The molecule has 4 aromatic carbocycles. The van der Waals surface area contributed by atoms with Gasteiger partial charge in [0.2, 0.25) is 5.91 Å². The number of carbonyl (C=O) groups excluding carboxylic acids is 3. The molecule has 0 aliphatic carbocycles. The number of rotatable bonds is 9. The van der Waals surface area contributed by atoms with Crippen molar-refractivity contribution in [1.29, 1.82) is 0 Å². The molecule has 1 atom stereocenters. The number of carbonyl (C=O) groups is 3. The molecule has 208 valence electrons. The van der Waals surface area contributed by atoms with E-state index < -0.39 is 5.91 Å². The minimum Gasteiger partial charge on any atom is -0.325 e. The maximum atomic E-state index is 13.3. The minimum absolute atomic E-state index is 0.0839. The molecular weight excluding hydrogens is 530 g/mol. The predicted octanol–water partition coefficient (Wildman–Crippen LogP) is 7.14. The first kappa shape index (κ1) is 29.4. The third-order valence-electron chi connectivity index (χ3n) is 6.35. The Morgan fingerprint density at radius 1 is 0.756 bits per heavy atom. The van der Waals surface area contributed by atoms with Crippen LogP contribution in [0, 0.1) is 20.8 Å². The van der Waals surface area contributed by atoms with Crippen LogP contribution in [-0.2, 0) is 9.59 Å². The fraction of sp³-hybridized carbons (Fsp3) is 0.147. The molecular formula is C34H33N3O3S. The first-order valence-corrected chi connectivity index (χ1v) is 14.2. The predicted molar refractivity (Wildman–Crippen MR) is 168 cm³/mol. The fourth-order valence-corrected chi connectivity index (χ4v) is 4.90. The highest BCUT2D eigenvalue weighted by molar-refractivity contribution is 8.00. The van der Waals surface area contributed by atoms with Crippen LogP contribution in [0.3, 0.4) is 0 Å². The van der Waals surface area contributed by atoms with Crippen LogP contribution in [0.1, 0.15) is 39.5 Å². The summed E-state index contributed by atoms with van der Waals surface area (Å²) in [6.45, 7) is 7.84. The average molecular weight is 564 g/mol. The monoisotopic (exact) mass is 563 g/mol. The molecule has 4 rings (SSSR count). The van der Waals surface area contributed by atoms with E-state index in [1.165, 1.54) is 11.8 Å². The molecule has 0 heterocycles. The van der Waals surface area contributed by atoms with Gasteiger partial charge < -0.3 is 16.0 Å². The van der Waals surface area contributed by atoms with Gasteiger partial charge in [0.05, 0.1) is 5.25 Å². The summed E-state index contributed by atoms with van der Waals surface area (Å²) in [6, 6.07) is 29.6. The second-order valence-electron chi connectivity index (χ2n) is 9.84. The van der Waals surface area contributed by atoms with Crippen LogP contribution >= 0.6 is 11.8 Å². The number of benzene rings is 4. The second-order valence-corrected chi connectivity index (χ2v) is 11.2. The van der Waals surface area contributed by atoms with Crippen LogP contribution in [0.4, 0.5) is 11.4 Å². The average Bonchev–Trinajstić information content (AvgIpc) is 2.96. The SMILES string of the molecule is Cc1ccc(/C=C(\NC(=O)c2ccccc2)C(=O)Nc2ccc(SC(C)C(=O)Nc3ccc(C)cc3C)cc2)cc1. The van der Waals surface area contributed by atoms with Crippen molar-refractivity contribution in [2.75, 3.05) is 10.6 Å². The number of amides is 3. The van der Waals surface area contributed by atoms with E-state index >= 15 is 0 Å². The van der Waals surface area contributed by atoms with E-state index in [-0.39, 0.29) is 22.8 Å². The zero-order valence-electron chi connectivity index (χ0n) is 23.5. The Morgan fingerprint density at radius 3 is 2.07 bits per heavy atom. The summed E-state index contributed by atoms with van der Waals surface area (Å²) in [5, 5.41) is 8.30. The Bertz CT molecular complexity index is 1560. The van der Waals surface area contributed by atoms with Crippen molar-refractivity contribution < 1.29 is 14.4 Å². The van der Waals surface area contributed by atoms with Gasteiger partial charge in [-0.3, -0.25) is 14.4 Å². The number of nitrogens with one attached hydrogen (secondary N) is 3. The largest absolute Gasteiger partial charge is 0.325 e. The summed E-state index contributed by atoms with van der Waals surface area (Å²) < 4.78 is 0. The summed E-state index contributed by atoms with van der Waals surface area (Å²) >= 11 is 1.43. The molecule has 0 saturated carbocycles. The molecule has 0 aliphatic rings. The summed E-state index contributed by atoms with van der Waals surface area (Å²) in [7, 11) is 0. The Morgan fingerprint density at radius 2 is 1.41 bits per heavy atom. The summed E-state index contributed by atoms with van der Waals surface area (Å²) in [6.07, 6.45) is 1.65. The molecule has 0 radical (unpaired) electrons. The molecule has 41 heavy (non-hydrogen) atoms. The molecule has 7 heteroatoms. The van der Waals surface area contributed by atoms with E-state index in [0.717, 1.165) is 32.8 Å². The lowest BCUT2D eigenvalue weighted by Gasteiger charge is -2.15. The van der Waals surface area contributed by atoms with Gasteiger partial charge in [0.15, 0.2) is 0 Å². The highest BCUT2D eigenvalue weighted by Crippen LogP contribution is 2.26. The highest BCUT2D eigenvalue weighted by atomic mass is 32.2. The van der Waals surface area contributed by atoms with Gasteiger partial charge >= 0.3 is 0 Å². The molecule has 0 bridgehead atoms. The lowest BCUT2D eigenvalue weighted by molar-refractivity contribution is -0.115. The lowest BCUT2D eigenvalue weighted by atomic mass is 10.1. The molecule has 0 aromatic heterocycles. The van der Waals surface area contributed by atoms with E-state index in [2.05, 4.69) is 16.0 Å². The van der Waals surface area contributed by atoms with Crippen LogP contribution in [0.25, 0.3) is 6.08 Å². The van der Waals surface area contributed by atoms with Crippen molar-refractivity contribution in [2.24, 2.45) is 0 Å². The van der Waals surface area contributed by atoms with Gasteiger partial charge in [0, 0.05) is 21.8 Å². The van der Waals surface area contributed by atoms with Crippen molar-refractivity contribution >= 4 is 46.9 Å². The molecule has 1 unspecified atom stereocenters. The number of aryl methyl sites for hydroxylation is 3. The smallest absolute Gasteiger partial charge is 0.272 e. The van der Waals surface area contributed by atoms with Crippen molar-refractivity contribution in [1.82, 2.24) is 5.32 Å². The molecule has 3 amide bonds. The normalized spacial score (nSPS) is 11.9. The third-order valence-corrected chi connectivity index (χ3v) is 7.46. The highest BCUT2D eigenvalue weighted by Gasteiger charge is 2.17. The number of hydrogen-bond acceptors (Lipinski definition) is 4. The van der Waals surface area contributed by atoms with Gasteiger partial charge in [0.1, 0.15) is 5.70 Å². The number of anilines is 2. The van der Waals surface area contributed by atoms with Crippen LogP contribution in [0.15, 0.2) is 108 Å². The molecule has 4 aromatic rings. The van der Waals surface area contributed by atoms with Gasteiger partial charge in [-0.05, 0) is 87.4 Å². The topological polar surface area (TPSA) is 87.3 Å². The van der Waals surface area contributed by atoms with Crippen LogP contribution < -0.4 is 16.0 Å². The zero-order valence-corrected chi connectivity index (χ0v) is 24.3. The second kappa shape index (κ2) is 13.6. The van der Waals surface area contributed by atoms with Crippen LogP contribution in [-0.4, -0.2) is 23.0 Å². The van der Waals surface area contributed by atoms with Gasteiger partial charge in [-0.2, -0.15) is 0 Å². The fourth-order valence-electron chi connectivity index (χ4n) is 4.03. The molecule has 0 saturated heterocycles. The van der Waals surface area contributed by atoms with E-state index in [9.17, 15) is 14.4 Å². The maximum Gasteiger partial charge on any atom is 0.272 e. The molecule has 0 spiro atoms. The standard InChI is InChI=1S/C34H33N3O3S/c1-22-10-13-26(14-11-22)21-31(37-33(39)27-8-6-5-7-9-27)34(40)35-28-15-17-29(18-16-28)41-25(4)32(38)36-30-19-12-23(2)20-24(30)3/h5-21,25H,1-4H3,(H,35,40)(H,36,38)(H,37,39)/b31-21-. The van der Waals surface area contributed by atoms with Gasteiger partial charge in [-0.15, -0.1) is 11.8 Å². The first-order chi connectivity index (χ1) is 19.7. The van der Waals surface area contributed by atoms with E-state index in [1.807, 2.05) is 88.4 Å². The van der Waals surface area contributed by atoms with Crippen LogP contribution in [0.2, 0.25) is 0 Å². The number of hydrogen-bond donors (Lipinski definition) is 3.